The van der Waals surface area contributed by atoms with E-state index >= 15 is 0 Å². The van der Waals surface area contributed by atoms with Gasteiger partial charge in [0, 0.05) is 31.1 Å². The van der Waals surface area contributed by atoms with Crippen molar-refractivity contribution in [2.75, 3.05) is 0 Å². The van der Waals surface area contributed by atoms with Gasteiger partial charge in [0.2, 0.25) is 11.8 Å². The van der Waals surface area contributed by atoms with E-state index in [2.05, 4.69) is 5.32 Å². The third-order valence-corrected chi connectivity index (χ3v) is 6.65. The molecule has 5 nitrogen and oxygen atoms in total. The van der Waals surface area contributed by atoms with Gasteiger partial charge in [0.15, 0.2) is 5.78 Å². The minimum Gasteiger partial charge on any atom is -0.369 e. The fraction of sp³-hybridized carbons (Fsp3) is 0.423. The number of fused-ring (bicyclic) bond motifs is 3. The molecule has 0 bridgehead atoms. The topological polar surface area (TPSA) is 89.3 Å². The van der Waals surface area contributed by atoms with E-state index in [0.29, 0.717) is 16.7 Å². The molecule has 0 heterocycles. The quantitative estimate of drug-likeness (QED) is 0.430. The molecular weight excluding hydrogens is 521 g/mol. The average molecular weight is 546 g/mol. The monoisotopic (exact) mass is 546 g/mol. The second-order valence-electron chi connectivity index (χ2n) is 9.34. The van der Waals surface area contributed by atoms with E-state index in [0.717, 1.165) is 17.7 Å². The van der Waals surface area contributed by atoms with Crippen LogP contribution in [0.3, 0.4) is 0 Å². The first-order valence-corrected chi connectivity index (χ1v) is 11.7. The van der Waals surface area contributed by atoms with Crippen molar-refractivity contribution in [1.29, 1.82) is 0 Å². The average Bonchev–Trinajstić information content (AvgIpc) is 2.89. The molecule has 0 unspecified atom stereocenters. The normalized spacial score (nSPS) is 17.2. The predicted octanol–water partition coefficient (Wildman–Crippen LogP) is 5.49. The standard InChI is InChI=1S/C26H25F7N2O3/c1-13-3-2-4-15-16-6-5-14(27)11-20(16)22(21(36)12-19(13)15)35-24(38)18(8-10-26(31,32)33)17(23(34)37)7-9-25(28,29)30/h2-6,11,17-18,22H,7-10,12H2,1H3,(H2,34,37)(H,35,38)/t17-,18+,22-/m0/s1. The number of carbonyl (C=O) groups excluding carboxylic acids is 3. The van der Waals surface area contributed by atoms with Gasteiger partial charge in [-0.2, -0.15) is 26.3 Å². The largest absolute Gasteiger partial charge is 0.389 e. The van der Waals surface area contributed by atoms with Crippen molar-refractivity contribution in [1.82, 2.24) is 5.32 Å². The number of primary amides is 1. The van der Waals surface area contributed by atoms with E-state index in [-0.39, 0.29) is 12.0 Å². The number of nitrogens with one attached hydrogen (secondary N) is 1. The molecule has 0 saturated heterocycles. The van der Waals surface area contributed by atoms with Gasteiger partial charge >= 0.3 is 12.4 Å². The van der Waals surface area contributed by atoms with Crippen LogP contribution >= 0.6 is 0 Å². The number of halogens is 7. The summed E-state index contributed by atoms with van der Waals surface area (Å²) in [4.78, 5) is 38.6. The molecule has 0 spiro atoms. The molecule has 0 aliphatic heterocycles. The first-order valence-electron chi connectivity index (χ1n) is 11.7. The van der Waals surface area contributed by atoms with E-state index in [1.54, 1.807) is 25.1 Å². The number of nitrogens with two attached hydrogens (primary N) is 1. The van der Waals surface area contributed by atoms with Crippen LogP contribution < -0.4 is 11.1 Å². The second kappa shape index (κ2) is 11.1. The maximum absolute atomic E-state index is 14.3. The number of hydrogen-bond acceptors (Lipinski definition) is 3. The van der Waals surface area contributed by atoms with Gasteiger partial charge in [-0.3, -0.25) is 14.4 Å². The molecule has 2 aromatic rings. The van der Waals surface area contributed by atoms with Crippen LogP contribution in [0.25, 0.3) is 11.1 Å². The van der Waals surface area contributed by atoms with E-state index in [4.69, 9.17) is 5.73 Å². The zero-order chi connectivity index (χ0) is 28.4. The highest BCUT2D eigenvalue weighted by atomic mass is 19.4. The number of alkyl halides is 6. The zero-order valence-electron chi connectivity index (χ0n) is 20.2. The lowest BCUT2D eigenvalue weighted by molar-refractivity contribution is -0.152. The van der Waals surface area contributed by atoms with Crippen molar-refractivity contribution in [2.24, 2.45) is 17.6 Å². The Morgan fingerprint density at radius 2 is 1.58 bits per heavy atom. The Balaban J connectivity index is 2.01. The molecule has 1 aliphatic carbocycles. The van der Waals surface area contributed by atoms with Crippen molar-refractivity contribution < 1.29 is 45.1 Å². The Morgan fingerprint density at radius 3 is 2.16 bits per heavy atom. The van der Waals surface area contributed by atoms with Gasteiger partial charge in [-0.1, -0.05) is 24.3 Å². The molecular formula is C26H25F7N2O3. The first-order chi connectivity index (χ1) is 17.6. The summed E-state index contributed by atoms with van der Waals surface area (Å²) in [7, 11) is 0. The summed E-state index contributed by atoms with van der Waals surface area (Å²) >= 11 is 0. The molecule has 3 rings (SSSR count). The van der Waals surface area contributed by atoms with Crippen LogP contribution in [0.2, 0.25) is 0 Å². The highest BCUT2D eigenvalue weighted by Gasteiger charge is 2.41. The minimum absolute atomic E-state index is 0.0354. The lowest BCUT2D eigenvalue weighted by Gasteiger charge is -2.27. The van der Waals surface area contributed by atoms with E-state index in [1.165, 1.54) is 6.07 Å². The van der Waals surface area contributed by atoms with Crippen LogP contribution in [0.5, 0.6) is 0 Å². The fourth-order valence-electron chi connectivity index (χ4n) is 4.76. The van der Waals surface area contributed by atoms with Crippen LogP contribution in [0.15, 0.2) is 36.4 Å². The predicted molar refractivity (Wildman–Crippen MR) is 123 cm³/mol. The molecule has 2 aromatic carbocycles. The van der Waals surface area contributed by atoms with Gasteiger partial charge in [0.05, 0.1) is 0 Å². The molecule has 0 saturated carbocycles. The van der Waals surface area contributed by atoms with Gasteiger partial charge in [0.25, 0.3) is 0 Å². The summed E-state index contributed by atoms with van der Waals surface area (Å²) in [6.45, 7) is 1.75. The lowest BCUT2D eigenvalue weighted by atomic mass is 9.83. The summed E-state index contributed by atoms with van der Waals surface area (Å²) in [5.74, 6) is -7.78. The Labute approximate surface area is 213 Å². The number of aryl methyl sites for hydroxylation is 1. The Hall–Kier alpha value is -3.44. The van der Waals surface area contributed by atoms with Crippen LogP contribution in [0.1, 0.15) is 48.4 Å². The molecule has 2 amide bonds. The van der Waals surface area contributed by atoms with Crippen molar-refractivity contribution in [3.8, 4) is 11.1 Å². The van der Waals surface area contributed by atoms with Gasteiger partial charge in [-0.05, 0) is 59.7 Å². The number of hydrogen-bond donors (Lipinski definition) is 2. The van der Waals surface area contributed by atoms with Crippen molar-refractivity contribution in [3.63, 3.8) is 0 Å². The SMILES string of the molecule is Cc1cccc2c1CC(=O)[C@@H](NC(=O)[C@H](CCC(F)(F)F)[C@H](CCC(F)(F)F)C(N)=O)c1cc(F)ccc1-2. The van der Waals surface area contributed by atoms with Gasteiger partial charge < -0.3 is 11.1 Å². The highest BCUT2D eigenvalue weighted by Crippen LogP contribution is 2.38. The van der Waals surface area contributed by atoms with Crippen LogP contribution in [0, 0.1) is 24.6 Å². The second-order valence-corrected chi connectivity index (χ2v) is 9.34. The molecule has 3 N–H and O–H groups in total. The zero-order valence-corrected chi connectivity index (χ0v) is 20.2. The molecule has 12 heteroatoms. The van der Waals surface area contributed by atoms with E-state index in [9.17, 15) is 45.1 Å². The van der Waals surface area contributed by atoms with E-state index < -0.39 is 79.3 Å². The summed E-state index contributed by atoms with van der Waals surface area (Å²) in [6, 6.07) is 7.20. The fourth-order valence-corrected chi connectivity index (χ4v) is 4.76. The Bertz CT molecular complexity index is 1220. The Morgan fingerprint density at radius 1 is 0.974 bits per heavy atom. The summed E-state index contributed by atoms with van der Waals surface area (Å²) in [5, 5.41) is 2.30. The minimum atomic E-state index is -4.78. The van der Waals surface area contributed by atoms with Crippen molar-refractivity contribution in [3.05, 3.63) is 58.9 Å². The van der Waals surface area contributed by atoms with Gasteiger partial charge in [0.1, 0.15) is 11.9 Å². The lowest BCUT2D eigenvalue weighted by Crippen LogP contribution is -2.44. The molecule has 1 aliphatic rings. The number of Topliss-reactive ketones (excluding diaryl/α,β-unsaturated/α-hetero) is 1. The summed E-state index contributed by atoms with van der Waals surface area (Å²) in [6.07, 6.45) is -14.9. The highest BCUT2D eigenvalue weighted by molar-refractivity contribution is 5.98. The smallest absolute Gasteiger partial charge is 0.369 e. The molecule has 0 fully saturated rings. The van der Waals surface area contributed by atoms with Crippen LogP contribution in [0.4, 0.5) is 30.7 Å². The van der Waals surface area contributed by atoms with Gasteiger partial charge in [-0.15, -0.1) is 0 Å². The first kappa shape index (κ1) is 29.1. The summed E-state index contributed by atoms with van der Waals surface area (Å²) in [5.41, 5.74) is 7.59. The number of benzene rings is 2. The molecule has 206 valence electrons. The number of rotatable bonds is 8. The maximum atomic E-state index is 14.3. The maximum Gasteiger partial charge on any atom is 0.389 e. The van der Waals surface area contributed by atoms with Crippen LogP contribution in [-0.2, 0) is 20.8 Å². The third kappa shape index (κ3) is 7.11. The number of amides is 2. The molecule has 38 heavy (non-hydrogen) atoms. The molecule has 3 atom stereocenters. The van der Waals surface area contributed by atoms with E-state index in [1.807, 2.05) is 0 Å². The molecule has 0 radical (unpaired) electrons. The number of ketones is 1. The summed E-state index contributed by atoms with van der Waals surface area (Å²) < 4.78 is 91.8. The van der Waals surface area contributed by atoms with Gasteiger partial charge in [-0.25, -0.2) is 4.39 Å². The third-order valence-electron chi connectivity index (χ3n) is 6.65. The molecule has 0 aromatic heterocycles. The van der Waals surface area contributed by atoms with Crippen molar-refractivity contribution >= 4 is 17.6 Å². The Kier molecular flexibility index (Phi) is 8.52. The van der Waals surface area contributed by atoms with Crippen LogP contribution in [-0.4, -0.2) is 30.0 Å². The van der Waals surface area contributed by atoms with Crippen molar-refractivity contribution in [2.45, 2.75) is 57.4 Å². The number of carbonyl (C=O) groups is 3.